The molecule has 0 saturated carbocycles. The SMILES string of the molecule is CCCCCCCCCCCCCCC(O)[C@@H](O)[C@@H](CO)NC(=O)CCCCCCCCCCCCCCCCCCCCCCCCCCCCCCCO. The monoisotopic (exact) mass is 796 g/mol. The summed E-state index contributed by atoms with van der Waals surface area (Å²) in [6.07, 6.45) is 52.5. The van der Waals surface area contributed by atoms with E-state index in [1.807, 2.05) is 0 Å². The van der Waals surface area contributed by atoms with Gasteiger partial charge >= 0.3 is 0 Å². The van der Waals surface area contributed by atoms with E-state index in [2.05, 4.69) is 12.2 Å². The molecule has 0 rings (SSSR count). The highest BCUT2D eigenvalue weighted by atomic mass is 16.3. The number of aliphatic hydroxyl groups excluding tert-OH is 4. The molecule has 0 aromatic carbocycles. The minimum absolute atomic E-state index is 0.142. The van der Waals surface area contributed by atoms with Crippen LogP contribution < -0.4 is 5.32 Å². The number of hydrogen-bond acceptors (Lipinski definition) is 5. The van der Waals surface area contributed by atoms with Crippen molar-refractivity contribution in [2.24, 2.45) is 0 Å². The van der Waals surface area contributed by atoms with E-state index in [1.165, 1.54) is 218 Å². The predicted octanol–water partition coefficient (Wildman–Crippen LogP) is 14.0. The van der Waals surface area contributed by atoms with E-state index >= 15 is 0 Å². The Morgan fingerprint density at radius 1 is 0.393 bits per heavy atom. The molecule has 5 N–H and O–H groups in total. The van der Waals surface area contributed by atoms with Crippen LogP contribution in [0.3, 0.4) is 0 Å². The van der Waals surface area contributed by atoms with Crippen molar-refractivity contribution in [1.82, 2.24) is 5.32 Å². The first kappa shape index (κ1) is 55.3. The lowest BCUT2D eigenvalue weighted by molar-refractivity contribution is -0.124. The zero-order valence-electron chi connectivity index (χ0n) is 37.7. The van der Waals surface area contributed by atoms with Crippen molar-refractivity contribution in [3.05, 3.63) is 0 Å². The maximum atomic E-state index is 12.5. The third-order valence-corrected chi connectivity index (χ3v) is 12.3. The lowest BCUT2D eigenvalue weighted by atomic mass is 9.99. The largest absolute Gasteiger partial charge is 0.396 e. The number of aliphatic hydroxyl groups is 4. The van der Waals surface area contributed by atoms with E-state index in [-0.39, 0.29) is 12.5 Å². The van der Waals surface area contributed by atoms with Crippen LogP contribution in [0.4, 0.5) is 0 Å². The minimum Gasteiger partial charge on any atom is -0.396 e. The van der Waals surface area contributed by atoms with Gasteiger partial charge in [-0.3, -0.25) is 4.79 Å². The minimum atomic E-state index is -1.13. The maximum Gasteiger partial charge on any atom is 0.220 e. The molecule has 0 heterocycles. The number of amides is 1. The fourth-order valence-corrected chi connectivity index (χ4v) is 8.32. The van der Waals surface area contributed by atoms with Gasteiger partial charge in [-0.25, -0.2) is 0 Å². The summed E-state index contributed by atoms with van der Waals surface area (Å²) < 4.78 is 0. The van der Waals surface area contributed by atoms with Gasteiger partial charge < -0.3 is 25.7 Å². The Hall–Kier alpha value is -0.690. The molecule has 0 spiro atoms. The highest BCUT2D eigenvalue weighted by molar-refractivity contribution is 5.76. The van der Waals surface area contributed by atoms with Crippen molar-refractivity contribution in [3.63, 3.8) is 0 Å². The van der Waals surface area contributed by atoms with Crippen LogP contribution in [0.25, 0.3) is 0 Å². The van der Waals surface area contributed by atoms with Crippen molar-refractivity contribution in [2.75, 3.05) is 13.2 Å². The Bertz CT molecular complexity index is 751. The number of rotatable bonds is 48. The Kier molecular flexibility index (Phi) is 46.4. The second-order valence-electron chi connectivity index (χ2n) is 17.8. The van der Waals surface area contributed by atoms with E-state index in [0.29, 0.717) is 19.4 Å². The molecule has 0 aromatic rings. The summed E-state index contributed by atoms with van der Waals surface area (Å²) in [5, 5.41) is 42.4. The van der Waals surface area contributed by atoms with Crippen LogP contribution in [0, 0.1) is 0 Å². The van der Waals surface area contributed by atoms with Gasteiger partial charge in [0.05, 0.1) is 18.8 Å². The molecule has 0 radical (unpaired) electrons. The van der Waals surface area contributed by atoms with Gasteiger partial charge in [0.25, 0.3) is 0 Å². The molecule has 0 aromatic heterocycles. The maximum absolute atomic E-state index is 12.5. The summed E-state index contributed by atoms with van der Waals surface area (Å²) in [5.74, 6) is -0.142. The van der Waals surface area contributed by atoms with Crippen molar-refractivity contribution in [2.45, 2.75) is 301 Å². The molecule has 1 unspecified atom stereocenters. The van der Waals surface area contributed by atoms with Gasteiger partial charge in [0.1, 0.15) is 6.10 Å². The summed E-state index contributed by atoms with van der Waals surface area (Å²) in [4.78, 5) is 12.5. The zero-order chi connectivity index (χ0) is 40.8. The van der Waals surface area contributed by atoms with Gasteiger partial charge in [-0.05, 0) is 19.3 Å². The number of nitrogens with one attached hydrogen (secondary N) is 1. The van der Waals surface area contributed by atoms with Crippen molar-refractivity contribution < 1.29 is 25.2 Å². The molecule has 336 valence electrons. The third-order valence-electron chi connectivity index (χ3n) is 12.3. The van der Waals surface area contributed by atoms with E-state index < -0.39 is 18.2 Å². The topological polar surface area (TPSA) is 110 Å². The molecule has 0 saturated heterocycles. The van der Waals surface area contributed by atoms with Crippen LogP contribution >= 0.6 is 0 Å². The van der Waals surface area contributed by atoms with Crippen LogP contribution in [0.2, 0.25) is 0 Å². The van der Waals surface area contributed by atoms with Gasteiger partial charge in [0.15, 0.2) is 0 Å². The van der Waals surface area contributed by atoms with Crippen LogP contribution in [-0.2, 0) is 4.79 Å². The molecular formula is C50H101NO5. The molecule has 0 aliphatic heterocycles. The summed E-state index contributed by atoms with van der Waals surface area (Å²) in [7, 11) is 0. The molecule has 56 heavy (non-hydrogen) atoms. The lowest BCUT2D eigenvalue weighted by Gasteiger charge is -2.26. The third kappa shape index (κ3) is 41.5. The van der Waals surface area contributed by atoms with Crippen LogP contribution in [0.1, 0.15) is 283 Å². The number of unbranched alkanes of at least 4 members (excludes halogenated alkanes) is 39. The first-order valence-electron chi connectivity index (χ1n) is 25.4. The van der Waals surface area contributed by atoms with Crippen molar-refractivity contribution in [3.8, 4) is 0 Å². The van der Waals surface area contributed by atoms with E-state index in [9.17, 15) is 20.1 Å². The Morgan fingerprint density at radius 3 is 0.946 bits per heavy atom. The van der Waals surface area contributed by atoms with Gasteiger partial charge in [0, 0.05) is 13.0 Å². The molecule has 1 amide bonds. The number of hydrogen-bond donors (Lipinski definition) is 5. The molecule has 3 atom stereocenters. The predicted molar refractivity (Wildman–Crippen MR) is 242 cm³/mol. The standard InChI is InChI=1S/C50H101NO5/c1-2-3-4-5-6-7-8-28-31-34-37-40-43-48(54)50(56)47(46-53)51-49(55)44-41-38-35-32-29-26-24-22-20-18-16-14-12-10-9-11-13-15-17-19-21-23-25-27-30-33-36-39-42-45-52/h47-48,50,52-54,56H,2-46H2,1H3,(H,51,55)/t47-,48?,50+/m1/s1. The Balaban J connectivity index is 3.44. The number of carbonyl (C=O) groups is 1. The highest BCUT2D eigenvalue weighted by Gasteiger charge is 2.26. The van der Waals surface area contributed by atoms with Gasteiger partial charge in [-0.15, -0.1) is 0 Å². The molecule has 6 nitrogen and oxygen atoms in total. The van der Waals surface area contributed by atoms with Gasteiger partial charge in [-0.2, -0.15) is 0 Å². The molecule has 0 fully saturated rings. The summed E-state index contributed by atoms with van der Waals surface area (Å²) >= 11 is 0. The number of carbonyl (C=O) groups excluding carboxylic acids is 1. The normalized spacial score (nSPS) is 13.3. The quantitative estimate of drug-likeness (QED) is 0.0394. The second kappa shape index (κ2) is 47.0. The fraction of sp³-hybridized carbons (Fsp3) is 0.980. The van der Waals surface area contributed by atoms with Gasteiger partial charge in [0.2, 0.25) is 5.91 Å². The molecule has 0 bridgehead atoms. The zero-order valence-corrected chi connectivity index (χ0v) is 37.7. The van der Waals surface area contributed by atoms with Crippen LogP contribution in [0.5, 0.6) is 0 Å². The Labute approximate surface area is 350 Å². The van der Waals surface area contributed by atoms with E-state index in [1.54, 1.807) is 0 Å². The lowest BCUT2D eigenvalue weighted by Crippen LogP contribution is -2.50. The second-order valence-corrected chi connectivity index (χ2v) is 17.8. The van der Waals surface area contributed by atoms with Gasteiger partial charge in [-0.1, -0.05) is 257 Å². The summed E-state index contributed by atoms with van der Waals surface area (Å²) in [6, 6.07) is -0.806. The molecule has 6 heteroatoms. The summed E-state index contributed by atoms with van der Waals surface area (Å²) in [6.45, 7) is 2.25. The first-order chi connectivity index (χ1) is 27.6. The molecular weight excluding hydrogens is 695 g/mol. The Morgan fingerprint density at radius 2 is 0.661 bits per heavy atom. The van der Waals surface area contributed by atoms with Crippen LogP contribution in [0.15, 0.2) is 0 Å². The van der Waals surface area contributed by atoms with Crippen molar-refractivity contribution >= 4 is 5.91 Å². The smallest absolute Gasteiger partial charge is 0.220 e. The average molecular weight is 796 g/mol. The van der Waals surface area contributed by atoms with Crippen LogP contribution in [-0.4, -0.2) is 57.8 Å². The highest BCUT2D eigenvalue weighted by Crippen LogP contribution is 2.18. The van der Waals surface area contributed by atoms with Crippen molar-refractivity contribution in [1.29, 1.82) is 0 Å². The fourth-order valence-electron chi connectivity index (χ4n) is 8.32. The molecule has 0 aliphatic rings. The average Bonchev–Trinajstić information content (AvgIpc) is 3.20. The van der Waals surface area contributed by atoms with E-state index in [4.69, 9.17) is 5.11 Å². The molecule has 0 aliphatic carbocycles. The summed E-state index contributed by atoms with van der Waals surface area (Å²) in [5.41, 5.74) is 0. The first-order valence-corrected chi connectivity index (χ1v) is 25.4. The van der Waals surface area contributed by atoms with E-state index in [0.717, 1.165) is 44.9 Å².